The Labute approximate surface area is 210 Å². The third kappa shape index (κ3) is 5.26. The average molecular weight is 477 g/mol. The van der Waals surface area contributed by atoms with Gasteiger partial charge in [-0.3, -0.25) is 4.57 Å². The minimum absolute atomic E-state index is 0.216. The highest BCUT2D eigenvalue weighted by Gasteiger charge is 2.10. The van der Waals surface area contributed by atoms with Crippen molar-refractivity contribution < 1.29 is 4.79 Å². The molecule has 7 heteroatoms. The second-order valence-electron chi connectivity index (χ2n) is 8.83. The van der Waals surface area contributed by atoms with E-state index in [2.05, 4.69) is 52.0 Å². The normalized spacial score (nSPS) is 11.1. The molecule has 2 amide bonds. The van der Waals surface area contributed by atoms with Crippen LogP contribution < -0.4 is 10.6 Å². The van der Waals surface area contributed by atoms with Crippen LogP contribution in [0.4, 0.5) is 10.5 Å². The van der Waals surface area contributed by atoms with E-state index in [1.54, 1.807) is 6.33 Å². The van der Waals surface area contributed by atoms with Crippen LogP contribution in [0, 0.1) is 0 Å². The third-order valence-corrected chi connectivity index (χ3v) is 5.93. The van der Waals surface area contributed by atoms with Gasteiger partial charge in [-0.2, -0.15) is 0 Å². The van der Waals surface area contributed by atoms with Gasteiger partial charge in [0.05, 0.1) is 5.69 Å². The van der Waals surface area contributed by atoms with Crippen LogP contribution in [0.3, 0.4) is 0 Å². The van der Waals surface area contributed by atoms with E-state index >= 15 is 0 Å². The second-order valence-corrected chi connectivity index (χ2v) is 8.83. The van der Waals surface area contributed by atoms with Gasteiger partial charge in [-0.15, -0.1) is 0 Å². The fraction of sp³-hybridized carbons (Fsp3) is 0.138. The zero-order valence-corrected chi connectivity index (χ0v) is 20.3. The molecule has 0 bridgehead atoms. The molecular formula is C29H28N6O. The molecule has 0 radical (unpaired) electrons. The number of hydrogen-bond donors (Lipinski definition) is 2. The number of nitrogens with zero attached hydrogens (tertiary/aromatic N) is 4. The first-order valence-electron chi connectivity index (χ1n) is 11.9. The summed E-state index contributed by atoms with van der Waals surface area (Å²) in [6, 6.07) is 30.1. The number of aromatic nitrogens is 3. The summed E-state index contributed by atoms with van der Waals surface area (Å²) >= 11 is 0. The lowest BCUT2D eigenvalue weighted by Gasteiger charge is -2.11. The minimum atomic E-state index is -0.216. The molecule has 0 aliphatic carbocycles. The van der Waals surface area contributed by atoms with Crippen molar-refractivity contribution in [2.45, 2.75) is 0 Å². The van der Waals surface area contributed by atoms with Gasteiger partial charge in [-0.25, -0.2) is 14.8 Å². The van der Waals surface area contributed by atoms with E-state index in [9.17, 15) is 4.79 Å². The highest BCUT2D eigenvalue weighted by Crippen LogP contribution is 2.25. The third-order valence-electron chi connectivity index (χ3n) is 5.93. The van der Waals surface area contributed by atoms with Gasteiger partial charge in [0, 0.05) is 30.0 Å². The number of urea groups is 1. The summed E-state index contributed by atoms with van der Waals surface area (Å²) in [5, 5.41) is 5.71. The van der Waals surface area contributed by atoms with Crippen LogP contribution in [0.25, 0.3) is 39.2 Å². The Morgan fingerprint density at radius 2 is 1.53 bits per heavy atom. The molecule has 0 atom stereocenters. The van der Waals surface area contributed by atoms with E-state index in [0.29, 0.717) is 6.54 Å². The molecule has 0 fully saturated rings. The molecule has 0 aliphatic heterocycles. The van der Waals surface area contributed by atoms with Crippen LogP contribution >= 0.6 is 0 Å². The van der Waals surface area contributed by atoms with Crippen molar-refractivity contribution in [1.29, 1.82) is 0 Å². The van der Waals surface area contributed by atoms with E-state index in [1.165, 1.54) is 5.56 Å². The molecular weight excluding hydrogens is 448 g/mol. The maximum atomic E-state index is 12.1. The van der Waals surface area contributed by atoms with Crippen LogP contribution in [0.5, 0.6) is 0 Å². The molecule has 0 unspecified atom stereocenters. The molecule has 5 rings (SSSR count). The molecule has 7 nitrogen and oxygen atoms in total. The summed E-state index contributed by atoms with van der Waals surface area (Å²) in [6.07, 6.45) is 1.81. The van der Waals surface area contributed by atoms with Crippen LogP contribution in [-0.4, -0.2) is 52.7 Å². The lowest BCUT2D eigenvalue weighted by molar-refractivity contribution is 0.250. The van der Waals surface area contributed by atoms with Gasteiger partial charge in [0.15, 0.2) is 5.65 Å². The molecule has 36 heavy (non-hydrogen) atoms. The predicted octanol–water partition coefficient (Wildman–Crippen LogP) is 5.44. The number of rotatable bonds is 7. The molecule has 3 aromatic carbocycles. The Hall–Kier alpha value is -4.49. The summed E-state index contributed by atoms with van der Waals surface area (Å²) in [7, 11) is 3.94. The van der Waals surface area contributed by atoms with Gasteiger partial charge in [0.1, 0.15) is 11.8 Å². The molecule has 5 aromatic rings. The number of imidazole rings is 1. The Balaban J connectivity index is 1.34. The lowest BCUT2D eigenvalue weighted by Crippen LogP contribution is -2.34. The monoisotopic (exact) mass is 476 g/mol. The first-order chi connectivity index (χ1) is 17.6. The van der Waals surface area contributed by atoms with Crippen molar-refractivity contribution >= 4 is 22.9 Å². The van der Waals surface area contributed by atoms with Crippen LogP contribution in [-0.2, 0) is 0 Å². The summed E-state index contributed by atoms with van der Waals surface area (Å²) in [4.78, 5) is 23.5. The standard InChI is InChI=1S/C29H28N6O/c1-34(2)19-18-30-29(36)32-24-12-8-23(9-13-24)26-16-17-27-28(33-26)35(20-31-27)25-14-10-22(11-15-25)21-6-4-3-5-7-21/h3-17,20H,18-19H2,1-2H3,(H2,30,32,36). The molecule has 0 saturated heterocycles. The van der Waals surface area contributed by atoms with Gasteiger partial charge in [0.25, 0.3) is 0 Å². The van der Waals surface area contributed by atoms with Gasteiger partial charge < -0.3 is 15.5 Å². The minimum Gasteiger partial charge on any atom is -0.337 e. The molecule has 0 aliphatic rings. The smallest absolute Gasteiger partial charge is 0.319 e. The zero-order chi connectivity index (χ0) is 24.9. The summed E-state index contributed by atoms with van der Waals surface area (Å²) in [5.41, 5.74) is 7.50. The Kier molecular flexibility index (Phi) is 6.73. The molecule has 0 spiro atoms. The fourth-order valence-electron chi connectivity index (χ4n) is 3.98. The highest BCUT2D eigenvalue weighted by molar-refractivity contribution is 5.89. The largest absolute Gasteiger partial charge is 0.337 e. The maximum Gasteiger partial charge on any atom is 0.319 e. The maximum absolute atomic E-state index is 12.1. The number of amides is 2. The van der Waals surface area contributed by atoms with E-state index in [-0.39, 0.29) is 6.03 Å². The summed E-state index contributed by atoms with van der Waals surface area (Å²) in [5.74, 6) is 0. The zero-order valence-electron chi connectivity index (χ0n) is 20.3. The van der Waals surface area contributed by atoms with Crippen LogP contribution in [0.15, 0.2) is 97.3 Å². The number of carbonyl (C=O) groups is 1. The van der Waals surface area contributed by atoms with Crippen molar-refractivity contribution in [1.82, 2.24) is 24.8 Å². The predicted molar refractivity (Wildman–Crippen MR) is 145 cm³/mol. The van der Waals surface area contributed by atoms with Crippen molar-refractivity contribution in [2.24, 2.45) is 0 Å². The number of nitrogens with one attached hydrogen (secondary N) is 2. The first kappa shape index (κ1) is 23.3. The SMILES string of the molecule is CN(C)CCNC(=O)Nc1ccc(-c2ccc3ncn(-c4ccc(-c5ccccc5)cc4)c3n2)cc1. The number of anilines is 1. The number of carbonyl (C=O) groups excluding carboxylic acids is 1. The van der Waals surface area contributed by atoms with Gasteiger partial charge in [0.2, 0.25) is 0 Å². The van der Waals surface area contributed by atoms with Gasteiger partial charge in [-0.05, 0) is 61.6 Å². The number of fused-ring (bicyclic) bond motifs is 1. The van der Waals surface area contributed by atoms with E-state index in [4.69, 9.17) is 4.98 Å². The first-order valence-corrected chi connectivity index (χ1v) is 11.9. The molecule has 180 valence electrons. The van der Waals surface area contributed by atoms with E-state index in [1.807, 2.05) is 78.2 Å². The molecule has 2 N–H and O–H groups in total. The Bertz CT molecular complexity index is 1460. The molecule has 2 aromatic heterocycles. The fourth-order valence-corrected chi connectivity index (χ4v) is 3.98. The number of hydrogen-bond acceptors (Lipinski definition) is 4. The van der Waals surface area contributed by atoms with Crippen LogP contribution in [0.1, 0.15) is 0 Å². The summed E-state index contributed by atoms with van der Waals surface area (Å²) < 4.78 is 2.00. The quantitative estimate of drug-likeness (QED) is 0.328. The van der Waals surface area contributed by atoms with Crippen molar-refractivity contribution in [3.63, 3.8) is 0 Å². The molecule has 2 heterocycles. The Morgan fingerprint density at radius 3 is 2.25 bits per heavy atom. The lowest BCUT2D eigenvalue weighted by atomic mass is 10.1. The van der Waals surface area contributed by atoms with Gasteiger partial charge >= 0.3 is 6.03 Å². The van der Waals surface area contributed by atoms with Crippen molar-refractivity contribution in [3.05, 3.63) is 97.3 Å². The summed E-state index contributed by atoms with van der Waals surface area (Å²) in [6.45, 7) is 1.37. The van der Waals surface area contributed by atoms with Crippen LogP contribution in [0.2, 0.25) is 0 Å². The average Bonchev–Trinajstić information content (AvgIpc) is 3.33. The topological polar surface area (TPSA) is 75.1 Å². The second kappa shape index (κ2) is 10.4. The van der Waals surface area contributed by atoms with E-state index in [0.717, 1.165) is 45.9 Å². The number of benzene rings is 3. The number of likely N-dealkylation sites (N-methyl/N-ethyl adjacent to an activating group) is 1. The van der Waals surface area contributed by atoms with Crippen molar-refractivity contribution in [2.75, 3.05) is 32.5 Å². The highest BCUT2D eigenvalue weighted by atomic mass is 16.2. The van der Waals surface area contributed by atoms with E-state index < -0.39 is 0 Å². The Morgan fingerprint density at radius 1 is 0.833 bits per heavy atom. The molecule has 0 saturated carbocycles. The van der Waals surface area contributed by atoms with Crippen molar-refractivity contribution in [3.8, 4) is 28.1 Å². The van der Waals surface area contributed by atoms with Gasteiger partial charge in [-0.1, -0.05) is 54.6 Å². The number of pyridine rings is 1.